The molecule has 1 atom stereocenters. The monoisotopic (exact) mass is 431 g/mol. The van der Waals surface area contributed by atoms with Crippen molar-refractivity contribution in [3.8, 4) is 6.07 Å². The predicted octanol–water partition coefficient (Wildman–Crippen LogP) is 2.27. The first-order valence-corrected chi connectivity index (χ1v) is 9.41. The minimum atomic E-state index is -4.92. The van der Waals surface area contributed by atoms with Crippen molar-refractivity contribution >= 4 is 21.4 Å². The predicted molar refractivity (Wildman–Crippen MR) is 91.7 cm³/mol. The van der Waals surface area contributed by atoms with E-state index in [0.29, 0.717) is 6.07 Å². The van der Waals surface area contributed by atoms with Gasteiger partial charge in [0.05, 0.1) is 28.1 Å². The van der Waals surface area contributed by atoms with Gasteiger partial charge >= 0.3 is 6.18 Å². The van der Waals surface area contributed by atoms with Gasteiger partial charge < -0.3 is 10.4 Å². The number of pyridine rings is 1. The van der Waals surface area contributed by atoms with Gasteiger partial charge in [0.15, 0.2) is 21.1 Å². The van der Waals surface area contributed by atoms with Gasteiger partial charge in [-0.3, -0.25) is 4.79 Å². The minimum absolute atomic E-state index is 0.355. The molecule has 2 aromatic rings. The molecule has 1 heterocycles. The Kier molecular flexibility index (Phi) is 5.96. The maximum atomic E-state index is 13.0. The highest BCUT2D eigenvalue weighted by molar-refractivity contribution is 7.91. The SMILES string of the molecule is CC(O)(CS(=O)(=O)c1ccc(F)cc1)C(=O)Nc1cnc(C#N)c(C(F)(F)F)c1. The summed E-state index contributed by atoms with van der Waals surface area (Å²) in [5.74, 6) is -3.13. The molecule has 2 rings (SSSR count). The van der Waals surface area contributed by atoms with E-state index in [9.17, 15) is 35.9 Å². The molecule has 1 unspecified atom stereocenters. The van der Waals surface area contributed by atoms with Crippen LogP contribution in [0.15, 0.2) is 41.4 Å². The average Bonchev–Trinajstić information content (AvgIpc) is 2.60. The molecule has 2 N–H and O–H groups in total. The molecule has 7 nitrogen and oxygen atoms in total. The molecule has 29 heavy (non-hydrogen) atoms. The standard InChI is InChI=1S/C17H13F4N3O4S/c1-16(26,9-29(27,28)12-4-2-10(18)3-5-12)15(25)24-11-6-13(17(19,20)21)14(7-22)23-8-11/h2-6,8,26H,9H2,1H3,(H,24,25). The Morgan fingerprint density at radius 3 is 2.38 bits per heavy atom. The van der Waals surface area contributed by atoms with Gasteiger partial charge in [-0.1, -0.05) is 0 Å². The average molecular weight is 431 g/mol. The first-order valence-electron chi connectivity index (χ1n) is 7.76. The second-order valence-electron chi connectivity index (χ2n) is 6.17. The Balaban J connectivity index is 2.25. The van der Waals surface area contributed by atoms with E-state index < -0.39 is 56.0 Å². The van der Waals surface area contributed by atoms with Crippen molar-refractivity contribution in [3.63, 3.8) is 0 Å². The van der Waals surface area contributed by atoms with Crippen molar-refractivity contribution in [1.29, 1.82) is 5.26 Å². The van der Waals surface area contributed by atoms with Crippen LogP contribution < -0.4 is 5.32 Å². The van der Waals surface area contributed by atoms with E-state index in [1.165, 1.54) is 6.07 Å². The summed E-state index contributed by atoms with van der Waals surface area (Å²) in [6.45, 7) is 0.852. The zero-order valence-electron chi connectivity index (χ0n) is 14.7. The molecule has 0 bridgehead atoms. The number of benzene rings is 1. The van der Waals surface area contributed by atoms with Crippen LogP contribution in [0.4, 0.5) is 23.2 Å². The molecular formula is C17H13F4N3O4S. The zero-order chi connectivity index (χ0) is 22.0. The third-order valence-electron chi connectivity index (χ3n) is 3.69. The first-order chi connectivity index (χ1) is 13.3. The lowest BCUT2D eigenvalue weighted by Crippen LogP contribution is -2.45. The van der Waals surface area contributed by atoms with Crippen molar-refractivity contribution in [2.75, 3.05) is 11.1 Å². The molecular weight excluding hydrogens is 418 g/mol. The molecule has 0 saturated carbocycles. The molecule has 0 aliphatic carbocycles. The molecule has 1 aromatic heterocycles. The fraction of sp³-hybridized carbons (Fsp3) is 0.235. The highest BCUT2D eigenvalue weighted by atomic mass is 32.2. The van der Waals surface area contributed by atoms with Crippen LogP contribution in [0.25, 0.3) is 0 Å². The number of carbonyl (C=O) groups excluding carboxylic acids is 1. The van der Waals surface area contributed by atoms with E-state index in [4.69, 9.17) is 5.26 Å². The summed E-state index contributed by atoms with van der Waals surface area (Å²) in [6, 6.07) is 5.35. The quantitative estimate of drug-likeness (QED) is 0.554. The summed E-state index contributed by atoms with van der Waals surface area (Å²) >= 11 is 0. The largest absolute Gasteiger partial charge is 0.419 e. The van der Waals surface area contributed by atoms with Crippen LogP contribution in [0.3, 0.4) is 0 Å². The number of aromatic nitrogens is 1. The Morgan fingerprint density at radius 1 is 1.28 bits per heavy atom. The van der Waals surface area contributed by atoms with Gasteiger partial charge in [-0.05, 0) is 37.3 Å². The number of carbonyl (C=O) groups is 1. The summed E-state index contributed by atoms with van der Waals surface area (Å²) < 4.78 is 76.5. The van der Waals surface area contributed by atoms with Gasteiger partial charge in [-0.15, -0.1) is 0 Å². The number of rotatable bonds is 5. The number of hydrogen-bond donors (Lipinski definition) is 2. The lowest BCUT2D eigenvalue weighted by Gasteiger charge is -2.22. The van der Waals surface area contributed by atoms with Crippen LogP contribution in [-0.4, -0.2) is 35.8 Å². The number of nitrogens with zero attached hydrogens (tertiary/aromatic N) is 2. The zero-order valence-corrected chi connectivity index (χ0v) is 15.5. The van der Waals surface area contributed by atoms with E-state index in [1.807, 2.05) is 5.32 Å². The molecule has 12 heteroatoms. The number of alkyl halides is 3. The second kappa shape index (κ2) is 7.76. The molecule has 0 spiro atoms. The lowest BCUT2D eigenvalue weighted by atomic mass is 10.1. The number of sulfone groups is 1. The molecule has 0 aliphatic heterocycles. The van der Waals surface area contributed by atoms with Crippen LogP contribution >= 0.6 is 0 Å². The fourth-order valence-electron chi connectivity index (χ4n) is 2.26. The van der Waals surface area contributed by atoms with E-state index >= 15 is 0 Å². The van der Waals surface area contributed by atoms with Crippen LogP contribution in [-0.2, 0) is 20.8 Å². The maximum Gasteiger partial charge on any atom is 0.419 e. The number of aliphatic hydroxyl groups is 1. The molecule has 0 aliphatic rings. The third kappa shape index (κ3) is 5.27. The smallest absolute Gasteiger partial charge is 0.379 e. The van der Waals surface area contributed by atoms with E-state index in [0.717, 1.165) is 37.4 Å². The van der Waals surface area contributed by atoms with Gasteiger partial charge in [0, 0.05) is 0 Å². The van der Waals surface area contributed by atoms with Crippen molar-refractivity contribution in [2.45, 2.75) is 23.6 Å². The third-order valence-corrected chi connectivity index (χ3v) is 5.62. The van der Waals surface area contributed by atoms with Gasteiger partial charge in [-0.25, -0.2) is 17.8 Å². The molecule has 0 radical (unpaired) electrons. The van der Waals surface area contributed by atoms with Gasteiger partial charge in [0.25, 0.3) is 5.91 Å². The highest BCUT2D eigenvalue weighted by Crippen LogP contribution is 2.32. The summed E-state index contributed by atoms with van der Waals surface area (Å²) in [5, 5.41) is 20.9. The maximum absolute atomic E-state index is 13.0. The number of nitriles is 1. The van der Waals surface area contributed by atoms with Crippen molar-refractivity contribution in [1.82, 2.24) is 4.98 Å². The van der Waals surface area contributed by atoms with Crippen molar-refractivity contribution < 1.29 is 35.9 Å². The van der Waals surface area contributed by atoms with Crippen molar-refractivity contribution in [2.24, 2.45) is 0 Å². The molecule has 1 amide bonds. The second-order valence-corrected chi connectivity index (χ2v) is 8.16. The van der Waals surface area contributed by atoms with Crippen molar-refractivity contribution in [3.05, 3.63) is 53.6 Å². The van der Waals surface area contributed by atoms with Gasteiger partial charge in [0.2, 0.25) is 0 Å². The van der Waals surface area contributed by atoms with Gasteiger partial charge in [-0.2, -0.15) is 18.4 Å². The summed E-state index contributed by atoms with van der Waals surface area (Å²) in [5.41, 5.74) is -5.36. The molecule has 154 valence electrons. The minimum Gasteiger partial charge on any atom is -0.379 e. The number of amides is 1. The van der Waals surface area contributed by atoms with E-state index in [2.05, 4.69) is 4.98 Å². The Bertz CT molecular complexity index is 1080. The number of hydrogen-bond acceptors (Lipinski definition) is 6. The Hall–Kier alpha value is -3.04. The van der Waals surface area contributed by atoms with Crippen LogP contribution in [0.1, 0.15) is 18.2 Å². The van der Waals surface area contributed by atoms with Crippen LogP contribution in [0.2, 0.25) is 0 Å². The highest BCUT2D eigenvalue weighted by Gasteiger charge is 2.38. The molecule has 0 fully saturated rings. The van der Waals surface area contributed by atoms with Crippen LogP contribution in [0.5, 0.6) is 0 Å². The molecule has 1 aromatic carbocycles. The van der Waals surface area contributed by atoms with E-state index in [1.54, 1.807) is 0 Å². The number of halogens is 4. The summed E-state index contributed by atoms with van der Waals surface area (Å²) in [7, 11) is -4.23. The number of anilines is 1. The lowest BCUT2D eigenvalue weighted by molar-refractivity contribution is -0.138. The number of nitrogens with one attached hydrogen (secondary N) is 1. The summed E-state index contributed by atoms with van der Waals surface area (Å²) in [4.78, 5) is 15.2. The topological polar surface area (TPSA) is 120 Å². The molecule has 0 saturated heterocycles. The summed E-state index contributed by atoms with van der Waals surface area (Å²) in [6.07, 6.45) is -4.16. The Labute approximate surface area is 162 Å². The Morgan fingerprint density at radius 2 is 1.86 bits per heavy atom. The van der Waals surface area contributed by atoms with E-state index in [-0.39, 0.29) is 4.90 Å². The fourth-order valence-corrected chi connectivity index (χ4v) is 3.85. The first kappa shape index (κ1) is 22.3. The normalized spacial score (nSPS) is 14.0. The van der Waals surface area contributed by atoms with Crippen LogP contribution in [0, 0.1) is 17.1 Å². The van der Waals surface area contributed by atoms with Gasteiger partial charge in [0.1, 0.15) is 11.9 Å².